The molecule has 0 aliphatic heterocycles. The van der Waals surface area contributed by atoms with Gasteiger partial charge in [0.25, 0.3) is 0 Å². The molecule has 0 aromatic heterocycles. The van der Waals surface area contributed by atoms with Gasteiger partial charge >= 0.3 is 16.3 Å². The minimum Gasteiger partial charge on any atom is -0.443 e. The van der Waals surface area contributed by atoms with Crippen LogP contribution in [-0.2, 0) is 19.7 Å². The maximum absolute atomic E-state index is 12.3. The summed E-state index contributed by atoms with van der Waals surface area (Å²) in [6.07, 6.45) is 0.957. The van der Waals surface area contributed by atoms with Crippen molar-refractivity contribution in [2.75, 3.05) is 20.3 Å². The largest absolute Gasteiger partial charge is 0.443 e. The molecule has 0 aromatic carbocycles. The van der Waals surface area contributed by atoms with Gasteiger partial charge in [0.05, 0.1) is 12.6 Å². The molecule has 1 atom stereocenters. The van der Waals surface area contributed by atoms with Crippen molar-refractivity contribution in [3.05, 3.63) is 12.7 Å². The zero-order valence-corrected chi connectivity index (χ0v) is 14.2. The van der Waals surface area contributed by atoms with Crippen LogP contribution in [0.5, 0.6) is 0 Å². The number of ether oxygens (including phenoxy) is 2. The van der Waals surface area contributed by atoms with Crippen molar-refractivity contribution in [3.63, 3.8) is 0 Å². The topological polar surface area (TPSA) is 84.9 Å². The normalized spacial score (nSPS) is 13.6. The zero-order chi connectivity index (χ0) is 16.7. The third-order valence-electron chi connectivity index (χ3n) is 2.33. The van der Waals surface area contributed by atoms with E-state index in [1.165, 1.54) is 7.11 Å². The van der Waals surface area contributed by atoms with E-state index in [0.29, 0.717) is 10.7 Å². The Morgan fingerprint density at radius 3 is 2.43 bits per heavy atom. The van der Waals surface area contributed by atoms with Crippen LogP contribution in [0.2, 0.25) is 0 Å². The van der Waals surface area contributed by atoms with Crippen LogP contribution in [-0.4, -0.2) is 50.7 Å². The summed E-state index contributed by atoms with van der Waals surface area (Å²) in [6, 6.07) is -0.600. The third kappa shape index (κ3) is 7.45. The molecule has 0 aromatic rings. The Balaban J connectivity index is 5.21. The summed E-state index contributed by atoms with van der Waals surface area (Å²) in [5, 5.41) is 0. The van der Waals surface area contributed by atoms with E-state index in [0.717, 1.165) is 0 Å². The summed E-state index contributed by atoms with van der Waals surface area (Å²) in [7, 11) is -2.55. The number of nitrogens with zero attached hydrogens (tertiary/aromatic N) is 1. The van der Waals surface area contributed by atoms with Crippen LogP contribution in [0.15, 0.2) is 12.7 Å². The fraction of sp³-hybridized carbons (Fsp3) is 0.769. The first-order chi connectivity index (χ1) is 9.55. The van der Waals surface area contributed by atoms with Crippen LogP contribution >= 0.6 is 0 Å². The van der Waals surface area contributed by atoms with E-state index in [1.54, 1.807) is 33.8 Å². The second-order valence-corrected chi connectivity index (χ2v) is 7.17. The zero-order valence-electron chi connectivity index (χ0n) is 13.4. The van der Waals surface area contributed by atoms with Gasteiger partial charge in [0.1, 0.15) is 5.60 Å². The molecule has 1 N–H and O–H groups in total. The number of methoxy groups -OCH3 is 1. The van der Waals surface area contributed by atoms with E-state index in [9.17, 15) is 13.2 Å². The lowest BCUT2D eigenvalue weighted by atomic mass is 10.2. The van der Waals surface area contributed by atoms with Crippen LogP contribution in [0.4, 0.5) is 4.79 Å². The van der Waals surface area contributed by atoms with Gasteiger partial charge in [-0.2, -0.15) is 17.4 Å². The SMILES string of the molecule is C=CC[C@H](C)N(C(=O)OC(C)(C)C)S(=O)(=O)NCCOC. The molecule has 0 bridgehead atoms. The van der Waals surface area contributed by atoms with Crippen molar-refractivity contribution < 1.29 is 22.7 Å². The van der Waals surface area contributed by atoms with Crippen LogP contribution in [0, 0.1) is 0 Å². The summed E-state index contributed by atoms with van der Waals surface area (Å²) in [4.78, 5) is 12.2. The summed E-state index contributed by atoms with van der Waals surface area (Å²) in [6.45, 7) is 10.5. The molecule has 0 aliphatic carbocycles. The Labute approximate surface area is 127 Å². The molecule has 0 fully saturated rings. The molecular weight excluding hydrogens is 296 g/mol. The highest BCUT2D eigenvalue weighted by Gasteiger charge is 2.34. The maximum Gasteiger partial charge on any atom is 0.425 e. The Morgan fingerprint density at radius 1 is 1.43 bits per heavy atom. The Kier molecular flexibility index (Phi) is 7.91. The quantitative estimate of drug-likeness (QED) is 0.543. The van der Waals surface area contributed by atoms with Crippen LogP contribution in [0.1, 0.15) is 34.1 Å². The molecule has 0 spiro atoms. The highest BCUT2D eigenvalue weighted by molar-refractivity contribution is 7.87. The summed E-state index contributed by atoms with van der Waals surface area (Å²) in [5.74, 6) is 0. The molecule has 21 heavy (non-hydrogen) atoms. The molecule has 1 amide bonds. The lowest BCUT2D eigenvalue weighted by Gasteiger charge is -2.30. The fourth-order valence-electron chi connectivity index (χ4n) is 1.50. The third-order valence-corrected chi connectivity index (χ3v) is 3.93. The van der Waals surface area contributed by atoms with Crippen LogP contribution in [0.25, 0.3) is 0 Å². The second kappa shape index (κ2) is 8.35. The highest BCUT2D eigenvalue weighted by Crippen LogP contribution is 2.16. The average molecular weight is 322 g/mol. The van der Waals surface area contributed by atoms with Gasteiger partial charge in [-0.05, 0) is 34.1 Å². The van der Waals surface area contributed by atoms with Crippen molar-refractivity contribution in [2.24, 2.45) is 0 Å². The molecule has 0 heterocycles. The Bertz CT molecular complexity index is 442. The lowest BCUT2D eigenvalue weighted by Crippen LogP contribution is -2.51. The van der Waals surface area contributed by atoms with Crippen molar-refractivity contribution in [2.45, 2.75) is 45.8 Å². The maximum atomic E-state index is 12.3. The lowest BCUT2D eigenvalue weighted by molar-refractivity contribution is 0.0346. The van der Waals surface area contributed by atoms with Gasteiger partial charge in [0.15, 0.2) is 0 Å². The van der Waals surface area contributed by atoms with Gasteiger partial charge in [-0.1, -0.05) is 6.08 Å². The molecule has 8 heteroatoms. The molecule has 0 saturated carbocycles. The van der Waals surface area contributed by atoms with Crippen LogP contribution in [0.3, 0.4) is 0 Å². The van der Waals surface area contributed by atoms with Gasteiger partial charge < -0.3 is 9.47 Å². The van der Waals surface area contributed by atoms with Crippen molar-refractivity contribution >= 4 is 16.3 Å². The summed E-state index contributed by atoms with van der Waals surface area (Å²) >= 11 is 0. The summed E-state index contributed by atoms with van der Waals surface area (Å²) < 4.78 is 37.5. The van der Waals surface area contributed by atoms with E-state index in [-0.39, 0.29) is 13.2 Å². The van der Waals surface area contributed by atoms with Gasteiger partial charge in [-0.15, -0.1) is 6.58 Å². The predicted molar refractivity (Wildman–Crippen MR) is 81.1 cm³/mol. The molecule has 124 valence electrons. The Hall–Kier alpha value is -1.12. The van der Waals surface area contributed by atoms with Crippen LogP contribution < -0.4 is 4.72 Å². The molecule has 0 saturated heterocycles. The molecule has 0 rings (SSSR count). The monoisotopic (exact) mass is 322 g/mol. The van der Waals surface area contributed by atoms with Gasteiger partial charge in [0, 0.05) is 13.7 Å². The smallest absolute Gasteiger partial charge is 0.425 e. The van der Waals surface area contributed by atoms with Gasteiger partial charge in [0.2, 0.25) is 0 Å². The molecule has 0 aliphatic rings. The first-order valence-electron chi connectivity index (χ1n) is 6.67. The van der Waals surface area contributed by atoms with E-state index >= 15 is 0 Å². The van der Waals surface area contributed by atoms with Crippen molar-refractivity contribution in [1.29, 1.82) is 0 Å². The fourth-order valence-corrected chi connectivity index (χ4v) is 2.77. The number of carbonyl (C=O) groups excluding carboxylic acids is 1. The number of hydrogen-bond acceptors (Lipinski definition) is 5. The second-order valence-electron chi connectivity index (χ2n) is 5.54. The van der Waals surface area contributed by atoms with E-state index in [1.807, 2.05) is 0 Å². The molecule has 7 nitrogen and oxygen atoms in total. The average Bonchev–Trinajstić information content (AvgIpc) is 2.26. The van der Waals surface area contributed by atoms with Gasteiger partial charge in [-0.25, -0.2) is 4.79 Å². The Morgan fingerprint density at radius 2 is 2.00 bits per heavy atom. The van der Waals surface area contributed by atoms with Crippen molar-refractivity contribution in [3.8, 4) is 0 Å². The standard InChI is InChI=1S/C13H26N2O5S/c1-7-8-11(2)15(12(16)20-13(3,4)5)21(17,18)14-9-10-19-6/h7,11,14H,1,8-10H2,2-6H3/t11-/m0/s1. The first-order valence-corrected chi connectivity index (χ1v) is 8.11. The summed E-state index contributed by atoms with van der Waals surface area (Å²) in [5.41, 5.74) is -0.786. The highest BCUT2D eigenvalue weighted by atomic mass is 32.2. The van der Waals surface area contributed by atoms with E-state index < -0.39 is 27.9 Å². The molecule has 0 unspecified atom stereocenters. The van der Waals surface area contributed by atoms with E-state index in [2.05, 4.69) is 11.3 Å². The van der Waals surface area contributed by atoms with Crippen molar-refractivity contribution in [1.82, 2.24) is 9.03 Å². The minimum absolute atomic E-state index is 0.0684. The number of rotatable bonds is 8. The predicted octanol–water partition coefficient (Wildman–Crippen LogP) is 1.67. The molecule has 0 radical (unpaired) electrons. The first kappa shape index (κ1) is 19.9. The minimum atomic E-state index is -4.01. The number of carbonyl (C=O) groups is 1. The number of nitrogens with one attached hydrogen (secondary N) is 1. The number of amides is 1. The number of hydrogen-bond donors (Lipinski definition) is 1. The molecular formula is C13H26N2O5S. The van der Waals surface area contributed by atoms with Gasteiger partial charge in [-0.3, -0.25) is 0 Å². The van der Waals surface area contributed by atoms with E-state index in [4.69, 9.17) is 9.47 Å².